The highest BCUT2D eigenvalue weighted by Gasteiger charge is 2.37. The van der Waals surface area contributed by atoms with Crippen molar-refractivity contribution < 1.29 is 23.2 Å². The number of nitrogens with zero attached hydrogens (tertiary/aromatic N) is 1. The van der Waals surface area contributed by atoms with Gasteiger partial charge in [-0.1, -0.05) is 56.3 Å². The smallest absolute Gasteiger partial charge is 0.253 e. The van der Waals surface area contributed by atoms with Crippen molar-refractivity contribution in [3.05, 3.63) is 89.5 Å². The molecule has 1 aliphatic rings. The molecule has 3 amide bonds. The molecule has 6 nitrogen and oxygen atoms in total. The topological polar surface area (TPSA) is 78.5 Å². The van der Waals surface area contributed by atoms with E-state index in [2.05, 4.69) is 10.6 Å². The summed E-state index contributed by atoms with van der Waals surface area (Å²) in [5.41, 5.74) is 3.25. The van der Waals surface area contributed by atoms with Crippen molar-refractivity contribution in [3.63, 3.8) is 0 Å². The van der Waals surface area contributed by atoms with Crippen LogP contribution in [0.4, 0.5) is 14.5 Å². The van der Waals surface area contributed by atoms with Crippen LogP contribution in [0.1, 0.15) is 31.0 Å². The van der Waals surface area contributed by atoms with E-state index in [4.69, 9.17) is 0 Å². The zero-order chi connectivity index (χ0) is 26.0. The van der Waals surface area contributed by atoms with Crippen molar-refractivity contribution in [2.75, 3.05) is 11.9 Å². The summed E-state index contributed by atoms with van der Waals surface area (Å²) in [6, 6.07) is 16.8. The van der Waals surface area contributed by atoms with E-state index in [0.717, 1.165) is 29.3 Å². The molecule has 8 heteroatoms. The summed E-state index contributed by atoms with van der Waals surface area (Å²) in [6.45, 7) is 3.29. The van der Waals surface area contributed by atoms with E-state index in [-0.39, 0.29) is 18.0 Å². The van der Waals surface area contributed by atoms with Crippen molar-refractivity contribution in [2.24, 2.45) is 11.8 Å². The highest BCUT2D eigenvalue weighted by Crippen LogP contribution is 2.39. The third-order valence-corrected chi connectivity index (χ3v) is 6.31. The number of para-hydroxylation sites is 1. The number of nitrogens with one attached hydrogen (secondary N) is 2. The van der Waals surface area contributed by atoms with Gasteiger partial charge in [0.15, 0.2) is 0 Å². The zero-order valence-corrected chi connectivity index (χ0v) is 20.2. The first kappa shape index (κ1) is 25.0. The zero-order valence-electron chi connectivity index (χ0n) is 20.2. The molecule has 0 saturated heterocycles. The molecule has 1 heterocycles. The van der Waals surface area contributed by atoms with E-state index in [1.54, 1.807) is 33.0 Å². The molecule has 2 N–H and O–H groups in total. The van der Waals surface area contributed by atoms with E-state index in [9.17, 15) is 23.2 Å². The summed E-state index contributed by atoms with van der Waals surface area (Å²) in [5.74, 6) is -4.58. The van der Waals surface area contributed by atoms with Gasteiger partial charge in [-0.15, -0.1) is 0 Å². The molecule has 0 aromatic heterocycles. The first-order chi connectivity index (χ1) is 17.2. The van der Waals surface area contributed by atoms with Gasteiger partial charge in [-0.05, 0) is 40.8 Å². The molecule has 0 unspecified atom stereocenters. The van der Waals surface area contributed by atoms with Crippen LogP contribution < -0.4 is 15.5 Å². The fourth-order valence-corrected chi connectivity index (χ4v) is 4.54. The molecule has 2 atom stereocenters. The Balaban J connectivity index is 1.59. The fraction of sp³-hybridized carbons (Fsp3) is 0.250. The molecule has 1 aliphatic heterocycles. The minimum absolute atomic E-state index is 0.146. The molecule has 0 fully saturated rings. The third kappa shape index (κ3) is 4.98. The molecule has 186 valence electrons. The minimum atomic E-state index is -1.13. The lowest BCUT2D eigenvalue weighted by atomic mass is 9.91. The molecule has 0 radical (unpaired) electrons. The van der Waals surface area contributed by atoms with Gasteiger partial charge in [0.25, 0.3) is 5.91 Å². The second-order valence-electron chi connectivity index (χ2n) is 9.16. The standard InChI is InChI=1S/C28H27F2N3O3/c1-16(2)24(26(34)31-15-17-12-18(29)14-19(30)13-17)27(35)32-25-22-10-5-4-8-20(22)21-9-6-7-11-23(21)33(3)28(25)36/h4-14,16,24-25H,15H2,1-3H3,(H,31,34)(H,32,35)/t24-,25+/m0/s1. The summed E-state index contributed by atoms with van der Waals surface area (Å²) in [4.78, 5) is 41.4. The summed E-state index contributed by atoms with van der Waals surface area (Å²) < 4.78 is 27.0. The van der Waals surface area contributed by atoms with E-state index in [0.29, 0.717) is 11.3 Å². The second-order valence-corrected chi connectivity index (χ2v) is 9.16. The van der Waals surface area contributed by atoms with Gasteiger partial charge in [0, 0.05) is 25.2 Å². The van der Waals surface area contributed by atoms with Crippen LogP contribution in [0.5, 0.6) is 0 Å². The molecule has 3 aromatic rings. The summed E-state index contributed by atoms with van der Waals surface area (Å²) >= 11 is 0. The van der Waals surface area contributed by atoms with Crippen molar-refractivity contribution in [1.82, 2.24) is 10.6 Å². The van der Waals surface area contributed by atoms with E-state index < -0.39 is 41.3 Å². The number of carbonyl (C=O) groups is 3. The molecule has 0 saturated carbocycles. The van der Waals surface area contributed by atoms with Gasteiger partial charge in [0.05, 0.1) is 5.69 Å². The van der Waals surface area contributed by atoms with Gasteiger partial charge in [-0.25, -0.2) is 8.78 Å². The largest absolute Gasteiger partial charge is 0.351 e. The first-order valence-corrected chi connectivity index (χ1v) is 11.7. The Bertz CT molecular complexity index is 1300. The fourth-order valence-electron chi connectivity index (χ4n) is 4.54. The van der Waals surface area contributed by atoms with Gasteiger partial charge in [0.2, 0.25) is 11.8 Å². The van der Waals surface area contributed by atoms with E-state index in [1.807, 2.05) is 36.4 Å². The van der Waals surface area contributed by atoms with Gasteiger partial charge >= 0.3 is 0 Å². The van der Waals surface area contributed by atoms with Crippen molar-refractivity contribution in [2.45, 2.75) is 26.4 Å². The van der Waals surface area contributed by atoms with Crippen LogP contribution in [0.3, 0.4) is 0 Å². The number of halogens is 2. The van der Waals surface area contributed by atoms with Crippen molar-refractivity contribution >= 4 is 23.4 Å². The summed E-state index contributed by atoms with van der Waals surface area (Å²) in [7, 11) is 1.65. The Morgan fingerprint density at radius 2 is 1.53 bits per heavy atom. The van der Waals surface area contributed by atoms with Gasteiger partial charge in [0.1, 0.15) is 23.6 Å². The van der Waals surface area contributed by atoms with E-state index >= 15 is 0 Å². The molecular formula is C28H27F2N3O3. The maximum absolute atomic E-state index is 13.5. The molecule has 0 aliphatic carbocycles. The molecule has 4 rings (SSSR count). The average Bonchev–Trinajstić information content (AvgIpc) is 2.92. The van der Waals surface area contributed by atoms with Gasteiger partial charge in [-0.2, -0.15) is 0 Å². The SMILES string of the molecule is CC(C)[C@@H](C(=O)NCc1cc(F)cc(F)c1)C(=O)N[C@H]1C(=O)N(C)c2ccccc2-c2ccccc21. The maximum Gasteiger partial charge on any atom is 0.253 e. The monoisotopic (exact) mass is 491 g/mol. The third-order valence-electron chi connectivity index (χ3n) is 6.31. The summed E-state index contributed by atoms with van der Waals surface area (Å²) in [6.07, 6.45) is 0. The van der Waals surface area contributed by atoms with Gasteiger partial charge < -0.3 is 15.5 Å². The van der Waals surface area contributed by atoms with E-state index in [1.165, 1.54) is 4.90 Å². The molecule has 0 bridgehead atoms. The van der Waals surface area contributed by atoms with Crippen LogP contribution in [0.25, 0.3) is 11.1 Å². The Kier molecular flexibility index (Phi) is 7.15. The van der Waals surface area contributed by atoms with Crippen LogP contribution in [0.15, 0.2) is 66.7 Å². The predicted octanol–water partition coefficient (Wildman–Crippen LogP) is 4.35. The highest BCUT2D eigenvalue weighted by atomic mass is 19.1. The Labute approximate surface area is 208 Å². The number of likely N-dealkylation sites (N-methyl/N-ethyl adjacent to an activating group) is 1. The lowest BCUT2D eigenvalue weighted by molar-refractivity contribution is -0.139. The van der Waals surface area contributed by atoms with Crippen LogP contribution in [-0.4, -0.2) is 24.8 Å². The number of carbonyl (C=O) groups excluding carboxylic acids is 3. The van der Waals surface area contributed by atoms with Crippen molar-refractivity contribution in [1.29, 1.82) is 0 Å². The number of fused-ring (bicyclic) bond motifs is 3. The Hall–Kier alpha value is -4.07. The second kappa shape index (κ2) is 10.3. The minimum Gasteiger partial charge on any atom is -0.351 e. The molecule has 36 heavy (non-hydrogen) atoms. The average molecular weight is 492 g/mol. The van der Waals surface area contributed by atoms with Crippen molar-refractivity contribution in [3.8, 4) is 11.1 Å². The lowest BCUT2D eigenvalue weighted by Crippen LogP contribution is -2.48. The van der Waals surface area contributed by atoms with Crippen LogP contribution >= 0.6 is 0 Å². The Morgan fingerprint density at radius 3 is 2.19 bits per heavy atom. The lowest BCUT2D eigenvalue weighted by Gasteiger charge is -2.26. The normalized spacial score (nSPS) is 15.6. The quantitative estimate of drug-likeness (QED) is 0.503. The Morgan fingerprint density at radius 1 is 0.917 bits per heavy atom. The number of anilines is 1. The van der Waals surface area contributed by atoms with Gasteiger partial charge in [-0.3, -0.25) is 14.4 Å². The number of amides is 3. The number of benzene rings is 3. The molecule has 0 spiro atoms. The maximum atomic E-state index is 13.5. The van der Waals surface area contributed by atoms with Crippen LogP contribution in [-0.2, 0) is 20.9 Å². The van der Waals surface area contributed by atoms with Crippen LogP contribution in [0.2, 0.25) is 0 Å². The first-order valence-electron chi connectivity index (χ1n) is 11.7. The molecular weight excluding hydrogens is 464 g/mol. The highest BCUT2D eigenvalue weighted by molar-refractivity contribution is 6.08. The molecule has 3 aromatic carbocycles. The van der Waals surface area contributed by atoms with Crippen LogP contribution in [0, 0.1) is 23.5 Å². The predicted molar refractivity (Wildman–Crippen MR) is 133 cm³/mol. The summed E-state index contributed by atoms with van der Waals surface area (Å²) in [5, 5.41) is 5.39. The number of rotatable bonds is 6. The number of hydrogen-bond acceptors (Lipinski definition) is 3. The number of hydrogen-bond donors (Lipinski definition) is 2.